The molecule has 10 heteroatoms. The molecule has 180 valence electrons. The second-order valence-electron chi connectivity index (χ2n) is 8.14. The second-order valence-corrected chi connectivity index (χ2v) is 9.94. The predicted molar refractivity (Wildman–Crippen MR) is 139 cm³/mol. The van der Waals surface area contributed by atoms with E-state index in [0.29, 0.717) is 33.9 Å². The summed E-state index contributed by atoms with van der Waals surface area (Å²) >= 11 is 2.83. The van der Waals surface area contributed by atoms with E-state index in [1.807, 2.05) is 48.8 Å². The van der Waals surface area contributed by atoms with Crippen molar-refractivity contribution < 1.29 is 9.13 Å². The number of ether oxygens (including phenoxy) is 1. The molecule has 0 saturated carbocycles. The fourth-order valence-electron chi connectivity index (χ4n) is 3.78. The summed E-state index contributed by atoms with van der Waals surface area (Å²) in [7, 11) is 0. The quantitative estimate of drug-likeness (QED) is 0.279. The van der Waals surface area contributed by atoms with E-state index >= 15 is 0 Å². The van der Waals surface area contributed by atoms with E-state index in [4.69, 9.17) is 4.74 Å². The summed E-state index contributed by atoms with van der Waals surface area (Å²) in [4.78, 5) is 17.0. The van der Waals surface area contributed by atoms with Crippen LogP contribution in [0.2, 0.25) is 0 Å². The van der Waals surface area contributed by atoms with Crippen molar-refractivity contribution in [2.45, 2.75) is 37.7 Å². The SMILES string of the molecule is CCCc1cnc(N2C=CC([C@H](C)Oc3nn4cc(-c5ccc(SC)cc5F)nc4s3)=CC2)nc1. The monoisotopic (exact) mass is 508 g/mol. The summed E-state index contributed by atoms with van der Waals surface area (Å²) < 4.78 is 22.2. The molecule has 35 heavy (non-hydrogen) atoms. The number of nitrogens with zero attached hydrogens (tertiary/aromatic N) is 6. The third-order valence-corrected chi connectivity index (χ3v) is 7.22. The zero-order chi connectivity index (χ0) is 24.4. The number of rotatable bonds is 8. The summed E-state index contributed by atoms with van der Waals surface area (Å²) in [5.41, 5.74) is 3.21. The number of anilines is 1. The first-order chi connectivity index (χ1) is 17.0. The Balaban J connectivity index is 1.23. The molecular formula is C25H25FN6OS2. The fraction of sp³-hybridized carbons (Fsp3) is 0.280. The van der Waals surface area contributed by atoms with Crippen molar-refractivity contribution in [1.82, 2.24) is 24.6 Å². The average Bonchev–Trinajstić information content (AvgIpc) is 3.43. The van der Waals surface area contributed by atoms with Gasteiger partial charge in [0.05, 0.1) is 11.9 Å². The van der Waals surface area contributed by atoms with Gasteiger partial charge in [-0.1, -0.05) is 19.4 Å². The number of hydrogen-bond donors (Lipinski definition) is 0. The van der Waals surface area contributed by atoms with Crippen LogP contribution in [-0.4, -0.2) is 43.5 Å². The molecule has 0 N–H and O–H groups in total. The molecule has 0 unspecified atom stereocenters. The Labute approximate surface area is 211 Å². The lowest BCUT2D eigenvalue weighted by Crippen LogP contribution is -2.24. The third-order valence-electron chi connectivity index (χ3n) is 5.68. The van der Waals surface area contributed by atoms with Crippen LogP contribution in [-0.2, 0) is 6.42 Å². The highest BCUT2D eigenvalue weighted by atomic mass is 32.2. The molecule has 4 heterocycles. The van der Waals surface area contributed by atoms with Gasteiger partial charge in [0.25, 0.3) is 5.19 Å². The lowest BCUT2D eigenvalue weighted by atomic mass is 10.1. The molecule has 1 aliphatic rings. The molecule has 0 aliphatic carbocycles. The van der Waals surface area contributed by atoms with Gasteiger partial charge in [0, 0.05) is 35.6 Å². The van der Waals surface area contributed by atoms with Gasteiger partial charge in [-0.25, -0.2) is 23.9 Å². The van der Waals surface area contributed by atoms with Crippen molar-refractivity contribution in [1.29, 1.82) is 0 Å². The molecule has 4 aromatic rings. The number of thioether (sulfide) groups is 1. The molecule has 0 amide bonds. The second kappa shape index (κ2) is 10.2. The highest BCUT2D eigenvalue weighted by Crippen LogP contribution is 2.30. The van der Waals surface area contributed by atoms with Crippen LogP contribution in [0.5, 0.6) is 5.19 Å². The first-order valence-corrected chi connectivity index (χ1v) is 13.4. The largest absolute Gasteiger partial charge is 0.461 e. The van der Waals surface area contributed by atoms with E-state index in [-0.39, 0.29) is 11.9 Å². The Bertz CT molecular complexity index is 1360. The first kappa shape index (κ1) is 23.5. The van der Waals surface area contributed by atoms with Crippen LogP contribution in [0.1, 0.15) is 25.8 Å². The van der Waals surface area contributed by atoms with Crippen molar-refractivity contribution in [2.75, 3.05) is 17.7 Å². The number of fused-ring (bicyclic) bond motifs is 1. The van der Waals surface area contributed by atoms with E-state index in [0.717, 1.165) is 28.9 Å². The Morgan fingerprint density at radius 1 is 1.26 bits per heavy atom. The fourth-order valence-corrected chi connectivity index (χ4v) is 5.02. The summed E-state index contributed by atoms with van der Waals surface area (Å²) in [6.45, 7) is 4.79. The van der Waals surface area contributed by atoms with E-state index in [2.05, 4.69) is 33.1 Å². The van der Waals surface area contributed by atoms with Gasteiger partial charge in [-0.15, -0.1) is 16.9 Å². The number of aromatic nitrogens is 5. The summed E-state index contributed by atoms with van der Waals surface area (Å²) in [6, 6.07) is 5.17. The number of aryl methyl sites for hydroxylation is 1. The molecule has 7 nitrogen and oxygen atoms in total. The van der Waals surface area contributed by atoms with Gasteiger partial charge in [-0.05, 0) is 66.3 Å². The molecule has 0 spiro atoms. The number of hydrogen-bond acceptors (Lipinski definition) is 8. The van der Waals surface area contributed by atoms with Gasteiger partial charge in [-0.3, -0.25) is 0 Å². The highest BCUT2D eigenvalue weighted by Gasteiger charge is 2.18. The third kappa shape index (κ3) is 5.08. The Hall–Kier alpha value is -3.24. The minimum absolute atomic E-state index is 0.187. The average molecular weight is 509 g/mol. The van der Waals surface area contributed by atoms with E-state index in [1.165, 1.54) is 29.2 Å². The smallest absolute Gasteiger partial charge is 0.294 e. The number of imidazole rings is 1. The summed E-state index contributed by atoms with van der Waals surface area (Å²) in [6.07, 6.45) is 15.4. The van der Waals surface area contributed by atoms with Gasteiger partial charge in [0.2, 0.25) is 10.9 Å². The zero-order valence-electron chi connectivity index (χ0n) is 19.7. The lowest BCUT2D eigenvalue weighted by molar-refractivity contribution is 0.256. The molecule has 1 atom stereocenters. The van der Waals surface area contributed by atoms with Crippen molar-refractivity contribution >= 4 is 34.0 Å². The maximum atomic E-state index is 14.5. The van der Waals surface area contributed by atoms with Crippen LogP contribution >= 0.6 is 23.1 Å². The van der Waals surface area contributed by atoms with Crippen molar-refractivity contribution in [3.8, 4) is 16.5 Å². The minimum Gasteiger partial charge on any atom is -0.461 e. The Kier molecular flexibility index (Phi) is 6.83. The standard InChI is InChI=1S/C25H25FN6OS2/c1-4-5-17-13-27-23(28-14-17)31-10-8-18(9-11-31)16(2)33-25-30-32-15-22(29-24(32)35-25)20-7-6-19(34-3)12-21(20)26/h6-10,12-16H,4-5,11H2,1-3H3/t16-/m0/s1. The molecule has 0 bridgehead atoms. The van der Waals surface area contributed by atoms with Gasteiger partial charge < -0.3 is 9.64 Å². The van der Waals surface area contributed by atoms with Crippen LogP contribution < -0.4 is 9.64 Å². The van der Waals surface area contributed by atoms with Crippen LogP contribution in [0.15, 0.2) is 65.6 Å². The predicted octanol–water partition coefficient (Wildman–Crippen LogP) is 5.79. The highest BCUT2D eigenvalue weighted by molar-refractivity contribution is 7.98. The Morgan fingerprint density at radius 3 is 2.74 bits per heavy atom. The lowest BCUT2D eigenvalue weighted by Gasteiger charge is -2.23. The van der Waals surface area contributed by atoms with Crippen molar-refractivity contribution in [2.24, 2.45) is 0 Å². The van der Waals surface area contributed by atoms with Crippen molar-refractivity contribution in [3.63, 3.8) is 0 Å². The van der Waals surface area contributed by atoms with Crippen LogP contribution in [0.3, 0.4) is 0 Å². The van der Waals surface area contributed by atoms with Crippen LogP contribution in [0.25, 0.3) is 16.2 Å². The maximum Gasteiger partial charge on any atom is 0.294 e. The molecule has 1 aromatic carbocycles. The minimum atomic E-state index is -0.292. The van der Waals surface area contributed by atoms with Crippen LogP contribution in [0, 0.1) is 5.82 Å². The van der Waals surface area contributed by atoms with Crippen molar-refractivity contribution in [3.05, 3.63) is 72.1 Å². The van der Waals surface area contributed by atoms with Gasteiger partial charge in [0.15, 0.2) is 0 Å². The van der Waals surface area contributed by atoms with Crippen LogP contribution in [0.4, 0.5) is 10.3 Å². The molecule has 0 radical (unpaired) electrons. The molecule has 0 fully saturated rings. The normalized spacial score (nSPS) is 14.4. The first-order valence-electron chi connectivity index (χ1n) is 11.4. The number of benzene rings is 1. The number of halogens is 1. The van der Waals surface area contributed by atoms with E-state index in [1.54, 1.807) is 16.8 Å². The zero-order valence-corrected chi connectivity index (χ0v) is 21.3. The van der Waals surface area contributed by atoms with E-state index in [9.17, 15) is 4.39 Å². The van der Waals surface area contributed by atoms with Gasteiger partial charge >= 0.3 is 0 Å². The van der Waals surface area contributed by atoms with E-state index < -0.39 is 0 Å². The summed E-state index contributed by atoms with van der Waals surface area (Å²) in [5, 5.41) is 5.00. The summed E-state index contributed by atoms with van der Waals surface area (Å²) in [5.74, 6) is 0.390. The Morgan fingerprint density at radius 2 is 2.09 bits per heavy atom. The topological polar surface area (TPSA) is 68.4 Å². The molecule has 0 saturated heterocycles. The van der Waals surface area contributed by atoms with Gasteiger partial charge in [0.1, 0.15) is 11.9 Å². The molecule has 1 aliphatic heterocycles. The molecular weight excluding hydrogens is 483 g/mol. The molecule has 3 aromatic heterocycles. The van der Waals surface area contributed by atoms with Gasteiger partial charge in [-0.2, -0.15) is 0 Å². The maximum absolute atomic E-state index is 14.5. The molecule has 5 rings (SSSR count).